The minimum absolute atomic E-state index is 0.0546. The Balaban J connectivity index is 1.56. The number of ether oxygens (including phenoxy) is 2. The molecule has 1 aromatic heterocycles. The van der Waals surface area contributed by atoms with Crippen LogP contribution in [0.4, 0.5) is 0 Å². The van der Waals surface area contributed by atoms with E-state index in [0.29, 0.717) is 12.3 Å². The van der Waals surface area contributed by atoms with E-state index in [1.165, 1.54) is 4.90 Å². The number of aryl methyl sites for hydroxylation is 2. The predicted molar refractivity (Wildman–Crippen MR) is 110 cm³/mol. The first-order chi connectivity index (χ1) is 13.9. The van der Waals surface area contributed by atoms with E-state index >= 15 is 0 Å². The summed E-state index contributed by atoms with van der Waals surface area (Å²) in [6.07, 6.45) is 1.63. The highest BCUT2D eigenvalue weighted by atomic mass is 16.5. The maximum atomic E-state index is 12.3. The monoisotopic (exact) mass is 395 g/mol. The second kappa shape index (κ2) is 8.82. The van der Waals surface area contributed by atoms with Crippen molar-refractivity contribution in [3.05, 3.63) is 64.9 Å². The van der Waals surface area contributed by atoms with Crippen LogP contribution in [0.15, 0.2) is 47.1 Å². The number of amides is 1. The van der Waals surface area contributed by atoms with Gasteiger partial charge >= 0.3 is 5.97 Å². The van der Waals surface area contributed by atoms with Crippen LogP contribution in [0.2, 0.25) is 0 Å². The first-order valence-corrected chi connectivity index (χ1v) is 9.38. The summed E-state index contributed by atoms with van der Waals surface area (Å²) in [5, 5.41) is 0.893. The Morgan fingerprint density at radius 1 is 1.07 bits per heavy atom. The van der Waals surface area contributed by atoms with Crippen LogP contribution in [0.25, 0.3) is 11.0 Å². The third-order valence-electron chi connectivity index (χ3n) is 5.06. The van der Waals surface area contributed by atoms with Gasteiger partial charge in [0.05, 0.1) is 19.8 Å². The van der Waals surface area contributed by atoms with Crippen LogP contribution in [-0.2, 0) is 27.3 Å². The number of rotatable bonds is 7. The highest BCUT2D eigenvalue weighted by Gasteiger charge is 2.17. The molecule has 1 heterocycles. The smallest absolute Gasteiger partial charge is 0.310 e. The van der Waals surface area contributed by atoms with Crippen molar-refractivity contribution in [1.29, 1.82) is 0 Å². The Kier molecular flexibility index (Phi) is 6.22. The summed E-state index contributed by atoms with van der Waals surface area (Å²) >= 11 is 0. The van der Waals surface area contributed by atoms with Gasteiger partial charge in [-0.3, -0.25) is 9.59 Å². The lowest BCUT2D eigenvalue weighted by molar-refractivity contribution is -0.151. The van der Waals surface area contributed by atoms with Crippen LogP contribution in [-0.4, -0.2) is 37.5 Å². The maximum absolute atomic E-state index is 12.3. The number of furan rings is 1. The van der Waals surface area contributed by atoms with Gasteiger partial charge in [-0.1, -0.05) is 30.3 Å². The summed E-state index contributed by atoms with van der Waals surface area (Å²) in [5.41, 5.74) is 4.59. The van der Waals surface area contributed by atoms with Crippen molar-refractivity contribution >= 4 is 22.8 Å². The van der Waals surface area contributed by atoms with Crippen molar-refractivity contribution in [2.75, 3.05) is 20.8 Å². The van der Waals surface area contributed by atoms with E-state index in [4.69, 9.17) is 13.9 Å². The number of hydrogen-bond donors (Lipinski definition) is 0. The lowest BCUT2D eigenvalue weighted by Gasteiger charge is -2.18. The molecule has 6 heteroatoms. The number of hydrogen-bond acceptors (Lipinski definition) is 5. The van der Waals surface area contributed by atoms with E-state index in [1.807, 2.05) is 50.2 Å². The molecule has 3 aromatic rings. The van der Waals surface area contributed by atoms with Gasteiger partial charge in [0.15, 0.2) is 6.61 Å². The second-order valence-corrected chi connectivity index (χ2v) is 7.04. The van der Waals surface area contributed by atoms with Crippen molar-refractivity contribution in [1.82, 2.24) is 4.90 Å². The number of para-hydroxylation sites is 1. The molecule has 0 saturated carbocycles. The first kappa shape index (κ1) is 20.5. The van der Waals surface area contributed by atoms with Gasteiger partial charge in [-0.05, 0) is 31.0 Å². The SMILES string of the molecule is COc1ccccc1CN(C)C(=O)COC(=O)Cc1coc2c(C)c(C)ccc12. The van der Waals surface area contributed by atoms with Crippen molar-refractivity contribution in [2.24, 2.45) is 0 Å². The van der Waals surface area contributed by atoms with E-state index in [0.717, 1.165) is 33.2 Å². The van der Waals surface area contributed by atoms with Crippen LogP contribution in [0.1, 0.15) is 22.3 Å². The summed E-state index contributed by atoms with van der Waals surface area (Å²) in [4.78, 5) is 26.1. The standard InChI is InChI=1S/C23H25NO5/c1-15-9-10-19-18(13-29-23(19)16(15)2)11-22(26)28-14-21(25)24(3)12-17-7-5-6-8-20(17)27-4/h5-10,13H,11-12,14H2,1-4H3. The Labute approximate surface area is 170 Å². The largest absolute Gasteiger partial charge is 0.496 e. The molecule has 0 saturated heterocycles. The summed E-state index contributed by atoms with van der Waals surface area (Å²) < 4.78 is 16.1. The van der Waals surface area contributed by atoms with Gasteiger partial charge in [-0.2, -0.15) is 0 Å². The molecule has 0 aliphatic heterocycles. The second-order valence-electron chi connectivity index (χ2n) is 7.04. The Morgan fingerprint density at radius 3 is 2.59 bits per heavy atom. The van der Waals surface area contributed by atoms with E-state index in [-0.39, 0.29) is 18.9 Å². The van der Waals surface area contributed by atoms with Gasteiger partial charge in [-0.25, -0.2) is 0 Å². The van der Waals surface area contributed by atoms with E-state index in [2.05, 4.69) is 0 Å². The van der Waals surface area contributed by atoms with Crippen LogP contribution in [0.5, 0.6) is 5.75 Å². The van der Waals surface area contributed by atoms with Crippen LogP contribution < -0.4 is 4.74 Å². The summed E-state index contributed by atoms with van der Waals surface area (Å²) in [5.74, 6) is -0.0424. The van der Waals surface area contributed by atoms with Crippen LogP contribution in [0, 0.1) is 13.8 Å². The molecule has 6 nitrogen and oxygen atoms in total. The Hall–Kier alpha value is -3.28. The zero-order valence-corrected chi connectivity index (χ0v) is 17.2. The third kappa shape index (κ3) is 4.59. The van der Waals surface area contributed by atoms with Crippen LogP contribution >= 0.6 is 0 Å². The molecule has 0 bridgehead atoms. The average molecular weight is 395 g/mol. The predicted octanol–water partition coefficient (Wildman–Crippen LogP) is 3.80. The van der Waals surface area contributed by atoms with Gasteiger partial charge in [-0.15, -0.1) is 0 Å². The Bertz CT molecular complexity index is 1040. The lowest BCUT2D eigenvalue weighted by Crippen LogP contribution is -2.31. The summed E-state index contributed by atoms with van der Waals surface area (Å²) in [7, 11) is 3.25. The number of methoxy groups -OCH3 is 1. The summed E-state index contributed by atoms with van der Waals surface area (Å²) in [6, 6.07) is 11.4. The topological polar surface area (TPSA) is 69.0 Å². The van der Waals surface area contributed by atoms with Crippen molar-refractivity contribution in [3.8, 4) is 5.75 Å². The van der Waals surface area contributed by atoms with Gasteiger partial charge in [0.1, 0.15) is 11.3 Å². The highest BCUT2D eigenvalue weighted by molar-refractivity contribution is 5.89. The normalized spacial score (nSPS) is 10.8. The minimum Gasteiger partial charge on any atom is -0.496 e. The van der Waals surface area contributed by atoms with Crippen LogP contribution in [0.3, 0.4) is 0 Å². The van der Waals surface area contributed by atoms with E-state index < -0.39 is 5.97 Å². The number of esters is 1. The molecule has 0 aliphatic rings. The van der Waals surface area contributed by atoms with Gasteiger partial charge < -0.3 is 18.8 Å². The lowest BCUT2D eigenvalue weighted by atomic mass is 10.0. The molecule has 0 N–H and O–H groups in total. The Morgan fingerprint density at radius 2 is 1.83 bits per heavy atom. The maximum Gasteiger partial charge on any atom is 0.310 e. The molecule has 0 radical (unpaired) electrons. The molecule has 0 unspecified atom stereocenters. The molecule has 152 valence electrons. The van der Waals surface area contributed by atoms with Gasteiger partial charge in [0.2, 0.25) is 0 Å². The molecule has 1 amide bonds. The highest BCUT2D eigenvalue weighted by Crippen LogP contribution is 2.27. The molecule has 3 rings (SSSR count). The molecule has 2 aromatic carbocycles. The van der Waals surface area contributed by atoms with Gasteiger partial charge in [0, 0.05) is 30.1 Å². The average Bonchev–Trinajstić information content (AvgIpc) is 3.12. The fraction of sp³-hybridized carbons (Fsp3) is 0.304. The zero-order chi connectivity index (χ0) is 21.0. The van der Waals surface area contributed by atoms with Crippen molar-refractivity contribution in [2.45, 2.75) is 26.8 Å². The number of carbonyl (C=O) groups is 2. The number of carbonyl (C=O) groups excluding carboxylic acids is 2. The molecular weight excluding hydrogens is 370 g/mol. The molecule has 0 spiro atoms. The molecule has 0 atom stereocenters. The summed E-state index contributed by atoms with van der Waals surface area (Å²) in [6.45, 7) is 4.06. The van der Waals surface area contributed by atoms with Crippen molar-refractivity contribution < 1.29 is 23.5 Å². The van der Waals surface area contributed by atoms with Gasteiger partial charge in [0.25, 0.3) is 5.91 Å². The minimum atomic E-state index is -0.468. The number of likely N-dealkylation sites (N-methyl/N-ethyl adjacent to an activating group) is 1. The zero-order valence-electron chi connectivity index (χ0n) is 17.2. The first-order valence-electron chi connectivity index (χ1n) is 9.38. The molecule has 0 fully saturated rings. The number of nitrogens with zero attached hydrogens (tertiary/aromatic N) is 1. The molecular formula is C23H25NO5. The van der Waals surface area contributed by atoms with Crippen molar-refractivity contribution in [3.63, 3.8) is 0 Å². The molecule has 0 aliphatic carbocycles. The fourth-order valence-electron chi connectivity index (χ4n) is 3.16. The molecule has 29 heavy (non-hydrogen) atoms. The number of benzene rings is 2. The quantitative estimate of drug-likeness (QED) is 0.569. The number of fused-ring (bicyclic) bond motifs is 1. The fourth-order valence-corrected chi connectivity index (χ4v) is 3.16. The van der Waals surface area contributed by atoms with E-state index in [1.54, 1.807) is 20.4 Å². The third-order valence-corrected chi connectivity index (χ3v) is 5.06. The van der Waals surface area contributed by atoms with E-state index in [9.17, 15) is 9.59 Å².